The average molecular weight is 336 g/mol. The number of halogens is 1. The first-order chi connectivity index (χ1) is 11.3. The smallest absolute Gasteiger partial charge is 0.191 e. The van der Waals surface area contributed by atoms with Crippen LogP contribution < -0.4 is 15.4 Å². The normalized spacial score (nSPS) is 11.3. The highest BCUT2D eigenvalue weighted by molar-refractivity contribution is 6.30. The summed E-state index contributed by atoms with van der Waals surface area (Å²) in [5.74, 6) is 1.57. The zero-order valence-corrected chi connectivity index (χ0v) is 14.0. The van der Waals surface area contributed by atoms with Crippen LogP contribution in [0.3, 0.4) is 0 Å². The van der Waals surface area contributed by atoms with Gasteiger partial charge in [0.2, 0.25) is 0 Å². The van der Waals surface area contributed by atoms with Gasteiger partial charge in [-0.1, -0.05) is 11.6 Å². The van der Waals surface area contributed by atoms with Crippen molar-refractivity contribution in [2.45, 2.75) is 13.0 Å². The molecule has 0 saturated heterocycles. The molecule has 0 radical (unpaired) electrons. The van der Waals surface area contributed by atoms with Crippen LogP contribution in [0.4, 0.5) is 0 Å². The molecule has 7 heteroatoms. The lowest BCUT2D eigenvalue weighted by Gasteiger charge is -2.12. The van der Waals surface area contributed by atoms with Crippen LogP contribution in [0.25, 0.3) is 0 Å². The Bertz CT molecular complexity index is 583. The minimum absolute atomic E-state index is 0.551. The van der Waals surface area contributed by atoms with E-state index in [2.05, 4.69) is 20.7 Å². The molecule has 2 rings (SSSR count). The fraction of sp³-hybridized carbons (Fsp3) is 0.375. The van der Waals surface area contributed by atoms with Gasteiger partial charge < -0.3 is 15.4 Å². The summed E-state index contributed by atoms with van der Waals surface area (Å²) in [7, 11) is 1.75. The van der Waals surface area contributed by atoms with E-state index in [1.54, 1.807) is 13.2 Å². The van der Waals surface area contributed by atoms with E-state index in [0.29, 0.717) is 18.2 Å². The summed E-state index contributed by atoms with van der Waals surface area (Å²) >= 11 is 5.83. The van der Waals surface area contributed by atoms with E-state index < -0.39 is 0 Å². The molecule has 124 valence electrons. The molecule has 0 atom stereocenters. The third-order valence-corrected chi connectivity index (χ3v) is 3.37. The second-order valence-corrected chi connectivity index (χ2v) is 5.29. The van der Waals surface area contributed by atoms with Crippen molar-refractivity contribution < 1.29 is 4.74 Å². The lowest BCUT2D eigenvalue weighted by atomic mass is 10.3. The summed E-state index contributed by atoms with van der Waals surface area (Å²) < 4.78 is 7.53. The van der Waals surface area contributed by atoms with Crippen LogP contribution in [0.1, 0.15) is 6.42 Å². The zero-order chi connectivity index (χ0) is 16.3. The predicted octanol–water partition coefficient (Wildman–Crippen LogP) is 2.17. The lowest BCUT2D eigenvalue weighted by Crippen LogP contribution is -2.39. The Hall–Kier alpha value is -2.21. The molecule has 1 heterocycles. The first-order valence-corrected chi connectivity index (χ1v) is 7.96. The molecule has 23 heavy (non-hydrogen) atoms. The molecule has 0 aliphatic heterocycles. The molecule has 2 N–H and O–H groups in total. The molecule has 0 amide bonds. The lowest BCUT2D eigenvalue weighted by molar-refractivity contribution is 0.322. The maximum absolute atomic E-state index is 5.83. The summed E-state index contributed by atoms with van der Waals surface area (Å²) in [6, 6.07) is 9.25. The van der Waals surface area contributed by atoms with Gasteiger partial charge in [-0.25, -0.2) is 0 Å². The molecule has 0 aliphatic carbocycles. The number of rotatable bonds is 8. The van der Waals surface area contributed by atoms with Crippen molar-refractivity contribution in [2.24, 2.45) is 4.99 Å². The van der Waals surface area contributed by atoms with Crippen LogP contribution in [-0.2, 0) is 6.54 Å². The summed E-state index contributed by atoms with van der Waals surface area (Å²) in [6.45, 7) is 2.94. The SMILES string of the molecule is CN=C(NCCCn1cccn1)NCCOc1ccc(Cl)cc1. The number of aryl methyl sites for hydroxylation is 1. The van der Waals surface area contributed by atoms with E-state index in [4.69, 9.17) is 16.3 Å². The van der Waals surface area contributed by atoms with Crippen molar-refractivity contribution in [1.29, 1.82) is 0 Å². The number of benzene rings is 1. The number of hydrogen-bond acceptors (Lipinski definition) is 3. The van der Waals surface area contributed by atoms with Gasteiger partial charge in [-0.15, -0.1) is 0 Å². The van der Waals surface area contributed by atoms with E-state index >= 15 is 0 Å². The minimum Gasteiger partial charge on any atom is -0.492 e. The van der Waals surface area contributed by atoms with Crippen molar-refractivity contribution in [3.63, 3.8) is 0 Å². The van der Waals surface area contributed by atoms with Crippen molar-refractivity contribution in [3.05, 3.63) is 47.7 Å². The molecular formula is C16H22ClN5O. The highest BCUT2D eigenvalue weighted by Gasteiger charge is 1.98. The van der Waals surface area contributed by atoms with E-state index in [0.717, 1.165) is 31.2 Å². The number of guanidine groups is 1. The second-order valence-electron chi connectivity index (χ2n) is 4.85. The summed E-state index contributed by atoms with van der Waals surface area (Å²) in [6.07, 6.45) is 4.72. The van der Waals surface area contributed by atoms with Crippen LogP contribution in [-0.4, -0.2) is 42.5 Å². The van der Waals surface area contributed by atoms with Crippen LogP contribution >= 0.6 is 11.6 Å². The van der Waals surface area contributed by atoms with Crippen LogP contribution in [0.2, 0.25) is 5.02 Å². The minimum atomic E-state index is 0.551. The van der Waals surface area contributed by atoms with Gasteiger partial charge in [0, 0.05) is 37.6 Å². The van der Waals surface area contributed by atoms with Crippen LogP contribution in [0.5, 0.6) is 5.75 Å². The summed E-state index contributed by atoms with van der Waals surface area (Å²) in [5, 5.41) is 11.3. The summed E-state index contributed by atoms with van der Waals surface area (Å²) in [4.78, 5) is 4.18. The molecule has 0 bridgehead atoms. The number of nitrogens with one attached hydrogen (secondary N) is 2. The third-order valence-electron chi connectivity index (χ3n) is 3.12. The standard InChI is InChI=1S/C16H22ClN5O/c1-18-16(19-8-2-11-22-12-3-9-21-22)20-10-13-23-15-6-4-14(17)5-7-15/h3-7,9,12H,2,8,10-11,13H2,1H3,(H2,18,19,20). The quantitative estimate of drug-likeness (QED) is 0.441. The molecule has 0 saturated carbocycles. The monoisotopic (exact) mass is 335 g/mol. The van der Waals surface area contributed by atoms with Crippen molar-refractivity contribution in [2.75, 3.05) is 26.7 Å². The highest BCUT2D eigenvalue weighted by atomic mass is 35.5. The van der Waals surface area contributed by atoms with Crippen LogP contribution in [0.15, 0.2) is 47.7 Å². The molecular weight excluding hydrogens is 314 g/mol. The van der Waals surface area contributed by atoms with Gasteiger partial charge >= 0.3 is 0 Å². The highest BCUT2D eigenvalue weighted by Crippen LogP contribution is 2.14. The van der Waals surface area contributed by atoms with E-state index in [1.807, 2.05) is 41.2 Å². The van der Waals surface area contributed by atoms with Crippen molar-refractivity contribution >= 4 is 17.6 Å². The van der Waals surface area contributed by atoms with E-state index in [-0.39, 0.29) is 0 Å². The number of aromatic nitrogens is 2. The Balaban J connectivity index is 1.56. The average Bonchev–Trinajstić information content (AvgIpc) is 3.08. The van der Waals surface area contributed by atoms with Crippen LogP contribution in [0, 0.1) is 0 Å². The molecule has 0 aliphatic rings. The van der Waals surface area contributed by atoms with Gasteiger partial charge in [0.1, 0.15) is 12.4 Å². The number of ether oxygens (including phenoxy) is 1. The maximum atomic E-state index is 5.83. The van der Waals surface area contributed by atoms with Gasteiger partial charge in [-0.05, 0) is 36.8 Å². The predicted molar refractivity (Wildman–Crippen MR) is 93.2 cm³/mol. The molecule has 1 aromatic heterocycles. The van der Waals surface area contributed by atoms with E-state index in [1.165, 1.54) is 0 Å². The number of aliphatic imine (C=N–C) groups is 1. The zero-order valence-electron chi connectivity index (χ0n) is 13.2. The maximum Gasteiger partial charge on any atom is 0.191 e. The van der Waals surface area contributed by atoms with Gasteiger partial charge in [0.05, 0.1) is 6.54 Å². The molecule has 1 aromatic carbocycles. The van der Waals surface area contributed by atoms with Gasteiger partial charge in [-0.3, -0.25) is 9.67 Å². The van der Waals surface area contributed by atoms with Crippen molar-refractivity contribution in [1.82, 2.24) is 20.4 Å². The Kier molecular flexibility index (Phi) is 7.26. The summed E-state index contributed by atoms with van der Waals surface area (Å²) in [5.41, 5.74) is 0. The first kappa shape index (κ1) is 17.1. The van der Waals surface area contributed by atoms with Gasteiger partial charge in [-0.2, -0.15) is 5.10 Å². The van der Waals surface area contributed by atoms with Gasteiger partial charge in [0.15, 0.2) is 5.96 Å². The molecule has 0 spiro atoms. The number of nitrogens with zero attached hydrogens (tertiary/aromatic N) is 3. The topological polar surface area (TPSA) is 63.5 Å². The first-order valence-electron chi connectivity index (χ1n) is 7.58. The Morgan fingerprint density at radius 1 is 1.26 bits per heavy atom. The molecule has 0 fully saturated rings. The largest absolute Gasteiger partial charge is 0.492 e. The van der Waals surface area contributed by atoms with Crippen molar-refractivity contribution in [3.8, 4) is 5.75 Å². The fourth-order valence-corrected chi connectivity index (χ4v) is 2.10. The second kappa shape index (κ2) is 9.74. The third kappa shape index (κ3) is 6.61. The number of hydrogen-bond donors (Lipinski definition) is 2. The molecule has 2 aromatic rings. The Morgan fingerprint density at radius 2 is 2.04 bits per heavy atom. The Labute approximate surface area is 141 Å². The molecule has 6 nitrogen and oxygen atoms in total. The fourth-order valence-electron chi connectivity index (χ4n) is 1.97. The van der Waals surface area contributed by atoms with Gasteiger partial charge in [0.25, 0.3) is 0 Å². The Morgan fingerprint density at radius 3 is 2.74 bits per heavy atom. The molecule has 0 unspecified atom stereocenters. The van der Waals surface area contributed by atoms with E-state index in [9.17, 15) is 0 Å².